The van der Waals surface area contributed by atoms with Crippen molar-refractivity contribution in [3.8, 4) is 5.75 Å². The van der Waals surface area contributed by atoms with Crippen LogP contribution < -0.4 is 10.5 Å². The number of hydrogen-bond acceptors (Lipinski definition) is 2. The molecule has 1 unspecified atom stereocenters. The van der Waals surface area contributed by atoms with E-state index in [1.54, 1.807) is 19.2 Å². The Morgan fingerprint density at radius 2 is 1.85 bits per heavy atom. The lowest BCUT2D eigenvalue weighted by Gasteiger charge is -2.13. The first-order chi connectivity index (χ1) is 9.58. The molecular weight excluding hydrogens is 277 g/mol. The zero-order valence-electron chi connectivity index (χ0n) is 11.3. The van der Waals surface area contributed by atoms with Crippen LogP contribution in [0.2, 0.25) is 5.02 Å². The number of hydrogen-bond donors (Lipinski definition) is 1. The van der Waals surface area contributed by atoms with Crippen molar-refractivity contribution in [3.05, 3.63) is 64.4 Å². The molecule has 1 atom stereocenters. The van der Waals surface area contributed by atoms with Crippen LogP contribution in [-0.4, -0.2) is 13.2 Å². The topological polar surface area (TPSA) is 35.2 Å². The van der Waals surface area contributed by atoms with E-state index in [0.717, 1.165) is 11.3 Å². The molecule has 2 nitrogen and oxygen atoms in total. The summed E-state index contributed by atoms with van der Waals surface area (Å²) in [5.74, 6) is 0.508. The molecule has 2 rings (SSSR count). The molecule has 0 heterocycles. The van der Waals surface area contributed by atoms with E-state index in [1.807, 2.05) is 24.3 Å². The third-order valence-electron chi connectivity index (χ3n) is 3.15. The lowest BCUT2D eigenvalue weighted by atomic mass is 9.99. The first-order valence-corrected chi connectivity index (χ1v) is 6.78. The van der Waals surface area contributed by atoms with Gasteiger partial charge in [-0.25, -0.2) is 4.39 Å². The SMILES string of the molecule is COc1ccc(CC(N)Cc2ccc(Cl)cc2F)cc1. The summed E-state index contributed by atoms with van der Waals surface area (Å²) >= 11 is 5.73. The Kier molecular flexibility index (Phi) is 4.99. The minimum absolute atomic E-state index is 0.140. The fourth-order valence-electron chi connectivity index (χ4n) is 2.11. The predicted octanol–water partition coefficient (Wildman–Crippen LogP) is 3.60. The van der Waals surface area contributed by atoms with Gasteiger partial charge in [-0.2, -0.15) is 0 Å². The molecule has 0 fully saturated rings. The highest BCUT2D eigenvalue weighted by atomic mass is 35.5. The van der Waals surface area contributed by atoms with Crippen molar-refractivity contribution < 1.29 is 9.13 Å². The highest BCUT2D eigenvalue weighted by Crippen LogP contribution is 2.17. The minimum atomic E-state index is -0.303. The van der Waals surface area contributed by atoms with Crippen LogP contribution in [0.15, 0.2) is 42.5 Å². The molecule has 2 N–H and O–H groups in total. The molecule has 2 aromatic carbocycles. The summed E-state index contributed by atoms with van der Waals surface area (Å²) in [6, 6.07) is 12.3. The lowest BCUT2D eigenvalue weighted by Crippen LogP contribution is -2.26. The van der Waals surface area contributed by atoms with Gasteiger partial charge >= 0.3 is 0 Å². The number of methoxy groups -OCH3 is 1. The van der Waals surface area contributed by atoms with E-state index < -0.39 is 0 Å². The van der Waals surface area contributed by atoms with E-state index in [2.05, 4.69) is 0 Å². The fourth-order valence-corrected chi connectivity index (χ4v) is 2.27. The van der Waals surface area contributed by atoms with Crippen LogP contribution >= 0.6 is 11.6 Å². The Bertz CT molecular complexity index is 571. The van der Waals surface area contributed by atoms with Crippen molar-refractivity contribution in [2.45, 2.75) is 18.9 Å². The highest BCUT2D eigenvalue weighted by molar-refractivity contribution is 6.30. The average molecular weight is 294 g/mol. The Hall–Kier alpha value is -1.58. The summed E-state index contributed by atoms with van der Waals surface area (Å²) in [5.41, 5.74) is 7.78. The van der Waals surface area contributed by atoms with Crippen molar-refractivity contribution in [3.63, 3.8) is 0 Å². The largest absolute Gasteiger partial charge is 0.497 e. The quantitative estimate of drug-likeness (QED) is 0.914. The Morgan fingerprint density at radius 1 is 1.15 bits per heavy atom. The number of halogens is 2. The first kappa shape index (κ1) is 14.8. The second kappa shape index (κ2) is 6.73. The van der Waals surface area contributed by atoms with Gasteiger partial charge in [0.05, 0.1) is 7.11 Å². The van der Waals surface area contributed by atoms with E-state index >= 15 is 0 Å². The molecule has 0 amide bonds. The van der Waals surface area contributed by atoms with E-state index in [1.165, 1.54) is 6.07 Å². The van der Waals surface area contributed by atoms with Gasteiger partial charge in [-0.05, 0) is 48.2 Å². The van der Waals surface area contributed by atoms with Gasteiger partial charge < -0.3 is 10.5 Å². The molecule has 0 spiro atoms. The molecule has 0 aliphatic heterocycles. The number of ether oxygens (including phenoxy) is 1. The maximum Gasteiger partial charge on any atom is 0.127 e. The molecule has 0 aliphatic carbocycles. The van der Waals surface area contributed by atoms with Crippen molar-refractivity contribution in [2.24, 2.45) is 5.73 Å². The van der Waals surface area contributed by atoms with Gasteiger partial charge in [-0.15, -0.1) is 0 Å². The van der Waals surface area contributed by atoms with E-state index in [9.17, 15) is 4.39 Å². The predicted molar refractivity (Wildman–Crippen MR) is 79.8 cm³/mol. The zero-order valence-corrected chi connectivity index (χ0v) is 12.0. The monoisotopic (exact) mass is 293 g/mol. The Balaban J connectivity index is 1.99. The molecule has 0 radical (unpaired) electrons. The summed E-state index contributed by atoms with van der Waals surface area (Å²) in [7, 11) is 1.63. The van der Waals surface area contributed by atoms with Gasteiger partial charge in [0.1, 0.15) is 11.6 Å². The molecule has 0 bridgehead atoms. The zero-order chi connectivity index (χ0) is 14.5. The smallest absolute Gasteiger partial charge is 0.127 e. The molecule has 0 aliphatic rings. The second-order valence-corrected chi connectivity index (χ2v) is 5.19. The lowest BCUT2D eigenvalue weighted by molar-refractivity contribution is 0.414. The van der Waals surface area contributed by atoms with Crippen LogP contribution in [0.25, 0.3) is 0 Å². The van der Waals surface area contributed by atoms with Crippen LogP contribution in [0.5, 0.6) is 5.75 Å². The maximum absolute atomic E-state index is 13.7. The summed E-state index contributed by atoms with van der Waals surface area (Å²) in [6.07, 6.45) is 1.17. The molecule has 0 saturated heterocycles. The molecule has 20 heavy (non-hydrogen) atoms. The number of rotatable bonds is 5. The summed E-state index contributed by atoms with van der Waals surface area (Å²) < 4.78 is 18.8. The molecule has 4 heteroatoms. The van der Waals surface area contributed by atoms with Crippen molar-refractivity contribution in [2.75, 3.05) is 7.11 Å². The maximum atomic E-state index is 13.7. The van der Waals surface area contributed by atoms with Gasteiger partial charge in [-0.1, -0.05) is 29.8 Å². The third-order valence-corrected chi connectivity index (χ3v) is 3.39. The van der Waals surface area contributed by atoms with Crippen molar-refractivity contribution in [1.82, 2.24) is 0 Å². The Morgan fingerprint density at radius 3 is 2.45 bits per heavy atom. The van der Waals surface area contributed by atoms with Crippen LogP contribution in [-0.2, 0) is 12.8 Å². The van der Waals surface area contributed by atoms with Gasteiger partial charge in [0.15, 0.2) is 0 Å². The highest BCUT2D eigenvalue weighted by Gasteiger charge is 2.10. The van der Waals surface area contributed by atoms with Gasteiger partial charge in [-0.3, -0.25) is 0 Å². The van der Waals surface area contributed by atoms with Crippen molar-refractivity contribution >= 4 is 11.6 Å². The molecule has 0 saturated carbocycles. The molecule has 2 aromatic rings. The molecule has 0 aromatic heterocycles. The molecule has 106 valence electrons. The fraction of sp³-hybridized carbons (Fsp3) is 0.250. The summed E-state index contributed by atoms with van der Waals surface area (Å²) in [6.45, 7) is 0. The summed E-state index contributed by atoms with van der Waals surface area (Å²) in [5, 5.41) is 0.398. The van der Waals surface area contributed by atoms with Gasteiger partial charge in [0, 0.05) is 11.1 Å². The van der Waals surface area contributed by atoms with Gasteiger partial charge in [0.25, 0.3) is 0 Å². The Labute approximate surface area is 123 Å². The first-order valence-electron chi connectivity index (χ1n) is 6.41. The van der Waals surface area contributed by atoms with Crippen LogP contribution in [0.4, 0.5) is 4.39 Å². The number of benzene rings is 2. The van der Waals surface area contributed by atoms with Crippen LogP contribution in [0, 0.1) is 5.82 Å². The van der Waals surface area contributed by atoms with Crippen LogP contribution in [0.3, 0.4) is 0 Å². The van der Waals surface area contributed by atoms with Crippen LogP contribution in [0.1, 0.15) is 11.1 Å². The van der Waals surface area contributed by atoms with Gasteiger partial charge in [0.2, 0.25) is 0 Å². The standard InChI is InChI=1S/C16H17ClFNO/c1-20-15-6-2-11(3-7-15)8-14(19)9-12-4-5-13(17)10-16(12)18/h2-7,10,14H,8-9,19H2,1H3. The molecular formula is C16H17ClFNO. The second-order valence-electron chi connectivity index (χ2n) is 4.75. The normalized spacial score (nSPS) is 12.2. The minimum Gasteiger partial charge on any atom is -0.497 e. The average Bonchev–Trinajstić information content (AvgIpc) is 2.43. The van der Waals surface area contributed by atoms with Crippen molar-refractivity contribution in [1.29, 1.82) is 0 Å². The van der Waals surface area contributed by atoms with E-state index in [4.69, 9.17) is 22.1 Å². The number of nitrogens with two attached hydrogens (primary N) is 1. The van der Waals surface area contributed by atoms with E-state index in [0.29, 0.717) is 23.4 Å². The van der Waals surface area contributed by atoms with E-state index in [-0.39, 0.29) is 11.9 Å². The summed E-state index contributed by atoms with van der Waals surface area (Å²) in [4.78, 5) is 0. The third kappa shape index (κ3) is 3.95.